The lowest BCUT2D eigenvalue weighted by atomic mass is 10.1. The third-order valence-corrected chi connectivity index (χ3v) is 3.62. The molecule has 0 atom stereocenters. The van der Waals surface area contributed by atoms with Crippen LogP contribution in [0.3, 0.4) is 0 Å². The molecule has 0 fully saturated rings. The van der Waals surface area contributed by atoms with Crippen LogP contribution in [0.15, 0.2) is 48.5 Å². The molecule has 0 unspecified atom stereocenters. The van der Waals surface area contributed by atoms with Crippen molar-refractivity contribution in [3.63, 3.8) is 0 Å². The van der Waals surface area contributed by atoms with Crippen molar-refractivity contribution in [1.29, 1.82) is 0 Å². The Morgan fingerprint density at radius 1 is 0.957 bits per heavy atom. The van der Waals surface area contributed by atoms with Gasteiger partial charge in [-0.3, -0.25) is 0 Å². The molecule has 0 aliphatic carbocycles. The molecule has 4 heteroatoms. The summed E-state index contributed by atoms with van der Waals surface area (Å²) in [6, 6.07) is 16.4. The first kappa shape index (κ1) is 19.5. The second-order valence-corrected chi connectivity index (χ2v) is 6.31. The zero-order chi connectivity index (χ0) is 16.0. The van der Waals surface area contributed by atoms with Crippen LogP contribution in [0, 0.1) is 6.92 Å². The van der Waals surface area contributed by atoms with Gasteiger partial charge in [-0.25, -0.2) is 0 Å². The molecule has 23 heavy (non-hydrogen) atoms. The van der Waals surface area contributed by atoms with Crippen molar-refractivity contribution in [2.45, 2.75) is 39.5 Å². The van der Waals surface area contributed by atoms with E-state index in [-0.39, 0.29) is 24.6 Å². The monoisotopic (exact) mass is 335 g/mol. The van der Waals surface area contributed by atoms with E-state index in [1.54, 1.807) is 0 Å². The maximum Gasteiger partial charge on any atom is 0.119 e. The Bertz CT molecular complexity index is 579. The lowest BCUT2D eigenvalue weighted by Crippen LogP contribution is -2.42. The number of nitrogens with one attached hydrogen (secondary N) is 1. The topological polar surface area (TPSA) is 41.5 Å². The van der Waals surface area contributed by atoms with Gasteiger partial charge >= 0.3 is 0 Å². The summed E-state index contributed by atoms with van der Waals surface area (Å²) < 4.78 is 5.79. The van der Waals surface area contributed by atoms with E-state index in [9.17, 15) is 5.11 Å². The number of hydrogen-bond donors (Lipinski definition) is 2. The molecule has 0 aliphatic rings. The third kappa shape index (κ3) is 6.61. The highest BCUT2D eigenvalue weighted by Gasteiger charge is 2.14. The highest BCUT2D eigenvalue weighted by Crippen LogP contribution is 2.15. The van der Waals surface area contributed by atoms with E-state index in [0.29, 0.717) is 6.61 Å². The molecule has 0 heterocycles. The minimum absolute atomic E-state index is 0. The maximum absolute atomic E-state index is 9.23. The van der Waals surface area contributed by atoms with Gasteiger partial charge in [0.05, 0.1) is 6.61 Å². The number of aliphatic hydroxyl groups excluding tert-OH is 1. The number of aliphatic hydroxyl groups is 1. The first-order valence-corrected chi connectivity index (χ1v) is 7.62. The third-order valence-electron chi connectivity index (χ3n) is 3.62. The van der Waals surface area contributed by atoms with Crippen LogP contribution in [0.4, 0.5) is 0 Å². The Balaban J connectivity index is 0.00000264. The predicted octanol–water partition coefficient (Wildman–Crippen LogP) is 3.86. The molecule has 0 bridgehead atoms. The van der Waals surface area contributed by atoms with Crippen molar-refractivity contribution in [2.24, 2.45) is 0 Å². The molecule has 0 amide bonds. The number of ether oxygens (including phenoxy) is 1. The molecular formula is C19H26ClNO2. The van der Waals surface area contributed by atoms with Crippen molar-refractivity contribution < 1.29 is 9.84 Å². The molecule has 0 radical (unpaired) electrons. The van der Waals surface area contributed by atoms with Gasteiger partial charge < -0.3 is 15.2 Å². The number of aryl methyl sites for hydroxylation is 1. The largest absolute Gasteiger partial charge is 0.489 e. The molecule has 0 saturated heterocycles. The summed E-state index contributed by atoms with van der Waals surface area (Å²) in [5, 5.41) is 12.5. The van der Waals surface area contributed by atoms with E-state index < -0.39 is 0 Å². The highest BCUT2D eigenvalue weighted by molar-refractivity contribution is 5.85. The molecule has 3 nitrogen and oxygen atoms in total. The average Bonchev–Trinajstić information content (AvgIpc) is 2.53. The summed E-state index contributed by atoms with van der Waals surface area (Å²) in [7, 11) is 0. The van der Waals surface area contributed by atoms with Gasteiger partial charge in [-0.2, -0.15) is 0 Å². The molecule has 0 spiro atoms. The van der Waals surface area contributed by atoms with Crippen LogP contribution in [0.25, 0.3) is 0 Å². The zero-order valence-corrected chi connectivity index (χ0v) is 14.8. The van der Waals surface area contributed by atoms with E-state index in [0.717, 1.165) is 12.3 Å². The van der Waals surface area contributed by atoms with Gasteiger partial charge in [-0.05, 0) is 44.0 Å². The molecule has 2 aromatic carbocycles. The fraction of sp³-hybridized carbons (Fsp3) is 0.368. The van der Waals surface area contributed by atoms with Crippen molar-refractivity contribution in [3.8, 4) is 5.75 Å². The number of halogens is 1. The van der Waals surface area contributed by atoms with Crippen LogP contribution in [0.5, 0.6) is 5.75 Å². The Morgan fingerprint density at radius 2 is 1.52 bits per heavy atom. The van der Waals surface area contributed by atoms with E-state index in [2.05, 4.69) is 36.5 Å². The number of benzene rings is 2. The van der Waals surface area contributed by atoms with Crippen LogP contribution in [0.1, 0.15) is 30.5 Å². The first-order chi connectivity index (χ1) is 10.5. The molecule has 0 aliphatic heterocycles. The molecule has 2 aromatic rings. The zero-order valence-electron chi connectivity index (χ0n) is 14.0. The SMILES string of the molecule is Cc1ccc(COc2ccc(CNC(C)(C)CO)cc2)cc1.Cl. The lowest BCUT2D eigenvalue weighted by molar-refractivity contribution is 0.187. The summed E-state index contributed by atoms with van der Waals surface area (Å²) >= 11 is 0. The van der Waals surface area contributed by atoms with Gasteiger partial charge in [-0.1, -0.05) is 42.0 Å². The molecule has 0 saturated carbocycles. The smallest absolute Gasteiger partial charge is 0.119 e. The molecule has 126 valence electrons. The minimum Gasteiger partial charge on any atom is -0.489 e. The Hall–Kier alpha value is -1.55. The Morgan fingerprint density at radius 3 is 2.09 bits per heavy atom. The second-order valence-electron chi connectivity index (χ2n) is 6.31. The van der Waals surface area contributed by atoms with Gasteiger partial charge in [-0.15, -0.1) is 12.4 Å². The molecule has 0 aromatic heterocycles. The predicted molar refractivity (Wildman–Crippen MR) is 97.2 cm³/mol. The van der Waals surface area contributed by atoms with Crippen LogP contribution in [-0.2, 0) is 13.2 Å². The minimum atomic E-state index is -0.263. The molecular weight excluding hydrogens is 310 g/mol. The summed E-state index contributed by atoms with van der Waals surface area (Å²) in [6.45, 7) is 7.46. The summed E-state index contributed by atoms with van der Waals surface area (Å²) in [5.74, 6) is 0.866. The summed E-state index contributed by atoms with van der Waals surface area (Å²) in [6.07, 6.45) is 0. The standard InChI is InChI=1S/C19H25NO2.ClH/c1-15-4-6-17(7-5-15)13-22-18-10-8-16(9-11-18)12-20-19(2,3)14-21;/h4-11,20-21H,12-14H2,1-3H3;1H. The van der Waals surface area contributed by atoms with E-state index >= 15 is 0 Å². The van der Waals surface area contributed by atoms with Gasteiger partial charge in [0, 0.05) is 12.1 Å². The fourth-order valence-electron chi connectivity index (χ4n) is 1.95. The van der Waals surface area contributed by atoms with Crippen molar-refractivity contribution in [2.75, 3.05) is 6.61 Å². The number of hydrogen-bond acceptors (Lipinski definition) is 3. The average molecular weight is 336 g/mol. The summed E-state index contributed by atoms with van der Waals surface area (Å²) in [5.41, 5.74) is 3.33. The number of rotatable bonds is 7. The summed E-state index contributed by atoms with van der Waals surface area (Å²) in [4.78, 5) is 0. The van der Waals surface area contributed by atoms with E-state index in [1.807, 2.05) is 38.1 Å². The van der Waals surface area contributed by atoms with Crippen LogP contribution < -0.4 is 10.1 Å². The van der Waals surface area contributed by atoms with Gasteiger partial charge in [0.2, 0.25) is 0 Å². The molecule has 2 rings (SSSR count). The van der Waals surface area contributed by atoms with Gasteiger partial charge in [0.15, 0.2) is 0 Å². The van der Waals surface area contributed by atoms with Crippen molar-refractivity contribution >= 4 is 12.4 Å². The normalized spacial score (nSPS) is 11.0. The Labute approximate surface area is 145 Å². The lowest BCUT2D eigenvalue weighted by Gasteiger charge is -2.23. The Kier molecular flexibility index (Phi) is 7.56. The van der Waals surface area contributed by atoms with Crippen molar-refractivity contribution in [3.05, 3.63) is 65.2 Å². The van der Waals surface area contributed by atoms with Crippen LogP contribution in [-0.4, -0.2) is 17.3 Å². The van der Waals surface area contributed by atoms with Crippen LogP contribution >= 0.6 is 12.4 Å². The fourth-order valence-corrected chi connectivity index (χ4v) is 1.95. The van der Waals surface area contributed by atoms with Crippen LogP contribution in [0.2, 0.25) is 0 Å². The van der Waals surface area contributed by atoms with Gasteiger partial charge in [0.1, 0.15) is 12.4 Å². The second kappa shape index (κ2) is 8.92. The van der Waals surface area contributed by atoms with Crippen molar-refractivity contribution in [1.82, 2.24) is 5.32 Å². The quantitative estimate of drug-likeness (QED) is 0.807. The van der Waals surface area contributed by atoms with Gasteiger partial charge in [0.25, 0.3) is 0 Å². The highest BCUT2D eigenvalue weighted by atomic mass is 35.5. The first-order valence-electron chi connectivity index (χ1n) is 7.62. The maximum atomic E-state index is 9.23. The van der Waals surface area contributed by atoms with E-state index in [4.69, 9.17) is 4.74 Å². The van der Waals surface area contributed by atoms with E-state index in [1.165, 1.54) is 16.7 Å². The molecule has 2 N–H and O–H groups in total.